The molecule has 0 aliphatic rings. The lowest BCUT2D eigenvalue weighted by molar-refractivity contribution is 0.708. The van der Waals surface area contributed by atoms with Gasteiger partial charge in [0.15, 0.2) is 16.3 Å². The molecule has 2 rings (SSSR count). The average molecular weight is 282 g/mol. The van der Waals surface area contributed by atoms with Crippen molar-refractivity contribution in [2.45, 2.75) is 37.1 Å². The van der Waals surface area contributed by atoms with Gasteiger partial charge in [-0.05, 0) is 6.42 Å². The second-order valence-corrected chi connectivity index (χ2v) is 6.09. The number of thioether (sulfide) groups is 1. The third-order valence-corrected chi connectivity index (χ3v) is 4.14. The van der Waals surface area contributed by atoms with Gasteiger partial charge >= 0.3 is 5.69 Å². The largest absolute Gasteiger partial charge is 0.332 e. The fraction of sp³-hybridized carbons (Fsp3) is 0.583. The van der Waals surface area contributed by atoms with Crippen LogP contribution in [0.5, 0.6) is 0 Å². The lowest BCUT2D eigenvalue weighted by atomic mass is 10.3. The molecule has 0 saturated heterocycles. The van der Waals surface area contributed by atoms with E-state index in [9.17, 15) is 9.59 Å². The van der Waals surface area contributed by atoms with Gasteiger partial charge in [-0.3, -0.25) is 13.9 Å². The topological polar surface area (TPSA) is 72.7 Å². The van der Waals surface area contributed by atoms with Crippen LogP contribution < -0.4 is 11.2 Å². The van der Waals surface area contributed by atoms with Gasteiger partial charge in [-0.25, -0.2) is 9.78 Å². The molecule has 1 unspecified atom stereocenters. The van der Waals surface area contributed by atoms with Crippen molar-refractivity contribution in [1.82, 2.24) is 19.1 Å². The number of H-pyrrole nitrogens is 1. The van der Waals surface area contributed by atoms with E-state index in [-0.39, 0.29) is 11.2 Å². The number of aromatic amines is 1. The summed E-state index contributed by atoms with van der Waals surface area (Å²) < 4.78 is 2.48. The van der Waals surface area contributed by atoms with Gasteiger partial charge < -0.3 is 4.98 Å². The molecule has 0 aromatic carbocycles. The molecule has 1 N–H and O–H groups in total. The van der Waals surface area contributed by atoms with Crippen molar-refractivity contribution < 1.29 is 0 Å². The van der Waals surface area contributed by atoms with Crippen LogP contribution in [0.1, 0.15) is 26.7 Å². The third-order valence-electron chi connectivity index (χ3n) is 3.08. The number of hydrogen-bond acceptors (Lipinski definition) is 4. The van der Waals surface area contributed by atoms with Crippen LogP contribution in [-0.4, -0.2) is 24.4 Å². The monoisotopic (exact) mass is 282 g/mol. The lowest BCUT2D eigenvalue weighted by Gasteiger charge is -2.05. The van der Waals surface area contributed by atoms with Crippen molar-refractivity contribution in [2.75, 3.05) is 0 Å². The smallest absolute Gasteiger partial charge is 0.327 e. The highest BCUT2D eigenvalue weighted by Crippen LogP contribution is 2.24. The fourth-order valence-electron chi connectivity index (χ4n) is 2.02. The molecule has 0 aliphatic carbocycles. The molecular formula is C12H18N4O2S. The van der Waals surface area contributed by atoms with Crippen molar-refractivity contribution >= 4 is 22.9 Å². The molecule has 0 bridgehead atoms. The third kappa shape index (κ3) is 2.47. The highest BCUT2D eigenvalue weighted by molar-refractivity contribution is 7.99. The Bertz CT molecular complexity index is 713. The van der Waals surface area contributed by atoms with Gasteiger partial charge in [0.05, 0.1) is 0 Å². The summed E-state index contributed by atoms with van der Waals surface area (Å²) >= 11 is 1.59. The summed E-state index contributed by atoms with van der Waals surface area (Å²) in [6.45, 7) is 4.26. The molecule has 0 amide bonds. The molecule has 0 fully saturated rings. The number of fused-ring (bicyclic) bond motifs is 1. The molecular weight excluding hydrogens is 264 g/mol. The van der Waals surface area contributed by atoms with E-state index < -0.39 is 0 Å². The van der Waals surface area contributed by atoms with E-state index in [1.54, 1.807) is 18.8 Å². The molecule has 19 heavy (non-hydrogen) atoms. The summed E-state index contributed by atoms with van der Waals surface area (Å²) in [5.41, 5.74) is 0.109. The lowest BCUT2D eigenvalue weighted by Crippen LogP contribution is -2.36. The van der Waals surface area contributed by atoms with E-state index in [1.807, 2.05) is 0 Å². The number of nitrogens with zero attached hydrogens (tertiary/aromatic N) is 3. The second-order valence-electron chi connectivity index (χ2n) is 4.66. The molecule has 0 radical (unpaired) electrons. The summed E-state index contributed by atoms with van der Waals surface area (Å²) in [7, 11) is 3.09. The Morgan fingerprint density at radius 3 is 2.63 bits per heavy atom. The Hall–Kier alpha value is -1.50. The fourth-order valence-corrected chi connectivity index (χ4v) is 3.05. The van der Waals surface area contributed by atoms with Crippen LogP contribution in [0.3, 0.4) is 0 Å². The van der Waals surface area contributed by atoms with Gasteiger partial charge in [0.2, 0.25) is 0 Å². The van der Waals surface area contributed by atoms with Crippen LogP contribution in [-0.2, 0) is 14.1 Å². The quantitative estimate of drug-likeness (QED) is 0.856. The van der Waals surface area contributed by atoms with Crippen LogP contribution in [0, 0.1) is 0 Å². The number of nitrogens with one attached hydrogen (secondary N) is 1. The van der Waals surface area contributed by atoms with Gasteiger partial charge in [0, 0.05) is 19.3 Å². The molecule has 2 aromatic rings. The van der Waals surface area contributed by atoms with Crippen molar-refractivity contribution in [1.29, 1.82) is 0 Å². The maximum atomic E-state index is 12.0. The molecule has 7 heteroatoms. The first kappa shape index (κ1) is 13.9. The molecule has 0 saturated carbocycles. The average Bonchev–Trinajstić information content (AvgIpc) is 2.78. The SMILES string of the molecule is CCCC(C)Sc1nc2c([nH]1)c(=O)n(C)c(=O)n2C. The van der Waals surface area contributed by atoms with Crippen LogP contribution in [0.2, 0.25) is 0 Å². The van der Waals surface area contributed by atoms with Crippen LogP contribution >= 0.6 is 11.8 Å². The van der Waals surface area contributed by atoms with Crippen molar-refractivity contribution in [3.05, 3.63) is 20.8 Å². The standard InChI is InChI=1S/C12H18N4O2S/c1-5-6-7(2)19-11-13-8-9(14-11)15(3)12(18)16(4)10(8)17/h7H,5-6H2,1-4H3,(H,13,14). The molecule has 1 atom stereocenters. The van der Waals surface area contributed by atoms with Crippen molar-refractivity contribution in [2.24, 2.45) is 14.1 Å². The summed E-state index contributed by atoms with van der Waals surface area (Å²) in [6.07, 6.45) is 2.19. The van der Waals surface area contributed by atoms with Crippen LogP contribution in [0.15, 0.2) is 14.7 Å². The Morgan fingerprint density at radius 1 is 1.32 bits per heavy atom. The number of imidazole rings is 1. The van der Waals surface area contributed by atoms with Crippen LogP contribution in [0.25, 0.3) is 11.2 Å². The number of aryl methyl sites for hydroxylation is 1. The van der Waals surface area contributed by atoms with E-state index in [2.05, 4.69) is 23.8 Å². The maximum absolute atomic E-state index is 12.0. The van der Waals surface area contributed by atoms with Gasteiger partial charge in [-0.2, -0.15) is 0 Å². The van der Waals surface area contributed by atoms with Gasteiger partial charge in [-0.15, -0.1) is 0 Å². The summed E-state index contributed by atoms with van der Waals surface area (Å²) in [5.74, 6) is 0. The van der Waals surface area contributed by atoms with E-state index >= 15 is 0 Å². The van der Waals surface area contributed by atoms with Crippen molar-refractivity contribution in [3.8, 4) is 0 Å². The number of aromatic nitrogens is 4. The predicted molar refractivity (Wildman–Crippen MR) is 76.8 cm³/mol. The normalized spacial score (nSPS) is 13.1. The molecule has 2 aromatic heterocycles. The second kappa shape index (κ2) is 5.24. The Morgan fingerprint density at radius 2 is 2.00 bits per heavy atom. The van der Waals surface area contributed by atoms with E-state index in [1.165, 1.54) is 11.6 Å². The van der Waals surface area contributed by atoms with Gasteiger partial charge in [0.25, 0.3) is 5.56 Å². The summed E-state index contributed by atoms with van der Waals surface area (Å²) in [5, 5.41) is 1.11. The maximum Gasteiger partial charge on any atom is 0.332 e. The highest BCUT2D eigenvalue weighted by Gasteiger charge is 2.14. The molecule has 6 nitrogen and oxygen atoms in total. The Labute approximate surface area is 114 Å². The minimum Gasteiger partial charge on any atom is -0.327 e. The molecule has 0 spiro atoms. The Balaban J connectivity index is 2.52. The highest BCUT2D eigenvalue weighted by atomic mass is 32.2. The number of hydrogen-bond donors (Lipinski definition) is 1. The first-order chi connectivity index (χ1) is 8.95. The van der Waals surface area contributed by atoms with Crippen molar-refractivity contribution in [3.63, 3.8) is 0 Å². The first-order valence-corrected chi connectivity index (χ1v) is 7.16. The number of rotatable bonds is 4. The molecule has 0 aliphatic heterocycles. The van der Waals surface area contributed by atoms with E-state index in [4.69, 9.17) is 0 Å². The zero-order chi connectivity index (χ0) is 14.2. The van der Waals surface area contributed by atoms with E-state index in [0.717, 1.165) is 17.4 Å². The zero-order valence-corrected chi connectivity index (χ0v) is 12.4. The molecule has 2 heterocycles. The Kier molecular flexibility index (Phi) is 3.84. The minimum absolute atomic E-state index is 0.333. The zero-order valence-electron chi connectivity index (χ0n) is 11.6. The van der Waals surface area contributed by atoms with Gasteiger partial charge in [0.1, 0.15) is 0 Å². The minimum atomic E-state index is -0.359. The first-order valence-electron chi connectivity index (χ1n) is 6.28. The summed E-state index contributed by atoms with van der Waals surface area (Å²) in [6, 6.07) is 0. The van der Waals surface area contributed by atoms with E-state index in [0.29, 0.717) is 21.6 Å². The summed E-state index contributed by atoms with van der Waals surface area (Å²) in [4.78, 5) is 31.2. The van der Waals surface area contributed by atoms with Gasteiger partial charge in [-0.1, -0.05) is 32.0 Å². The molecule has 104 valence electrons. The van der Waals surface area contributed by atoms with Crippen LogP contribution in [0.4, 0.5) is 0 Å². The predicted octanol–water partition coefficient (Wildman–Crippen LogP) is 1.24.